The SMILES string of the molecule is Cc1sc2nc(CNC(C)C3CC3)[nH]c(=O)c2c1C. The van der Waals surface area contributed by atoms with Crippen LogP contribution in [0.1, 0.15) is 36.0 Å². The largest absolute Gasteiger partial charge is 0.309 e. The van der Waals surface area contributed by atoms with Gasteiger partial charge in [0.15, 0.2) is 0 Å². The zero-order valence-electron chi connectivity index (χ0n) is 11.5. The summed E-state index contributed by atoms with van der Waals surface area (Å²) in [6.07, 6.45) is 2.64. The fourth-order valence-electron chi connectivity index (χ4n) is 2.40. The first-order chi connectivity index (χ1) is 9.06. The highest BCUT2D eigenvalue weighted by atomic mass is 32.1. The van der Waals surface area contributed by atoms with Gasteiger partial charge in [0.2, 0.25) is 0 Å². The van der Waals surface area contributed by atoms with Gasteiger partial charge in [-0.25, -0.2) is 4.98 Å². The number of fused-ring (bicyclic) bond motifs is 1. The lowest BCUT2D eigenvalue weighted by atomic mass is 10.2. The summed E-state index contributed by atoms with van der Waals surface area (Å²) in [6, 6.07) is 0.507. The Balaban J connectivity index is 1.86. The van der Waals surface area contributed by atoms with Crippen LogP contribution in [0.2, 0.25) is 0 Å². The molecule has 102 valence electrons. The highest BCUT2D eigenvalue weighted by Crippen LogP contribution is 2.32. The van der Waals surface area contributed by atoms with E-state index >= 15 is 0 Å². The molecule has 1 unspecified atom stereocenters. The fraction of sp³-hybridized carbons (Fsp3) is 0.571. The monoisotopic (exact) mass is 277 g/mol. The molecule has 0 bridgehead atoms. The van der Waals surface area contributed by atoms with Gasteiger partial charge >= 0.3 is 0 Å². The Morgan fingerprint density at radius 1 is 1.47 bits per heavy atom. The molecule has 5 heteroatoms. The molecular formula is C14H19N3OS. The molecule has 0 amide bonds. The van der Waals surface area contributed by atoms with Crippen LogP contribution in [0.25, 0.3) is 10.2 Å². The summed E-state index contributed by atoms with van der Waals surface area (Å²) in [5, 5.41) is 4.20. The maximum atomic E-state index is 12.1. The fourth-order valence-corrected chi connectivity index (χ4v) is 3.45. The van der Waals surface area contributed by atoms with Crippen LogP contribution in [0, 0.1) is 19.8 Å². The van der Waals surface area contributed by atoms with Gasteiger partial charge in [-0.05, 0) is 45.1 Å². The molecule has 2 aromatic rings. The Kier molecular flexibility index (Phi) is 3.19. The van der Waals surface area contributed by atoms with Gasteiger partial charge in [-0.1, -0.05) is 0 Å². The van der Waals surface area contributed by atoms with E-state index in [1.807, 2.05) is 13.8 Å². The molecule has 1 fully saturated rings. The highest BCUT2D eigenvalue weighted by Gasteiger charge is 2.27. The second kappa shape index (κ2) is 4.72. The summed E-state index contributed by atoms with van der Waals surface area (Å²) in [5.74, 6) is 1.55. The molecule has 1 aliphatic rings. The van der Waals surface area contributed by atoms with E-state index in [0.717, 1.165) is 27.5 Å². The van der Waals surface area contributed by atoms with E-state index in [1.165, 1.54) is 17.7 Å². The van der Waals surface area contributed by atoms with Crippen molar-refractivity contribution in [3.05, 3.63) is 26.6 Å². The van der Waals surface area contributed by atoms with Crippen LogP contribution >= 0.6 is 11.3 Å². The number of H-pyrrole nitrogens is 1. The topological polar surface area (TPSA) is 57.8 Å². The maximum absolute atomic E-state index is 12.1. The van der Waals surface area contributed by atoms with Gasteiger partial charge in [-0.15, -0.1) is 11.3 Å². The molecule has 0 spiro atoms. The summed E-state index contributed by atoms with van der Waals surface area (Å²) in [4.78, 5) is 21.6. The third kappa shape index (κ3) is 2.44. The number of aryl methyl sites for hydroxylation is 2. The van der Waals surface area contributed by atoms with E-state index in [0.29, 0.717) is 12.6 Å². The normalized spacial score (nSPS) is 17.0. The van der Waals surface area contributed by atoms with Gasteiger partial charge in [0.1, 0.15) is 10.7 Å². The summed E-state index contributed by atoms with van der Waals surface area (Å²) in [6.45, 7) is 6.86. The Morgan fingerprint density at radius 2 is 2.21 bits per heavy atom. The molecule has 19 heavy (non-hydrogen) atoms. The molecule has 1 atom stereocenters. The lowest BCUT2D eigenvalue weighted by Crippen LogP contribution is -2.29. The number of aromatic nitrogens is 2. The average molecular weight is 277 g/mol. The van der Waals surface area contributed by atoms with E-state index in [2.05, 4.69) is 22.2 Å². The van der Waals surface area contributed by atoms with E-state index in [1.54, 1.807) is 11.3 Å². The second-order valence-corrected chi connectivity index (χ2v) is 6.69. The number of hydrogen-bond acceptors (Lipinski definition) is 4. The van der Waals surface area contributed by atoms with Crippen LogP contribution in [0.5, 0.6) is 0 Å². The van der Waals surface area contributed by atoms with Crippen molar-refractivity contribution in [2.75, 3.05) is 0 Å². The van der Waals surface area contributed by atoms with Crippen molar-refractivity contribution in [3.8, 4) is 0 Å². The summed E-state index contributed by atoms with van der Waals surface area (Å²) < 4.78 is 0. The highest BCUT2D eigenvalue weighted by molar-refractivity contribution is 7.18. The minimum atomic E-state index is -0.0114. The van der Waals surface area contributed by atoms with Crippen molar-refractivity contribution in [1.29, 1.82) is 0 Å². The van der Waals surface area contributed by atoms with E-state index in [4.69, 9.17) is 0 Å². The maximum Gasteiger partial charge on any atom is 0.259 e. The lowest BCUT2D eigenvalue weighted by molar-refractivity contribution is 0.488. The van der Waals surface area contributed by atoms with Crippen LogP contribution < -0.4 is 10.9 Å². The van der Waals surface area contributed by atoms with E-state index in [-0.39, 0.29) is 5.56 Å². The first-order valence-electron chi connectivity index (χ1n) is 6.78. The van der Waals surface area contributed by atoms with Gasteiger partial charge in [0.05, 0.1) is 11.9 Å². The van der Waals surface area contributed by atoms with Crippen LogP contribution in [0.4, 0.5) is 0 Å². The zero-order chi connectivity index (χ0) is 13.6. The number of nitrogens with one attached hydrogen (secondary N) is 2. The Morgan fingerprint density at radius 3 is 2.89 bits per heavy atom. The predicted molar refractivity (Wildman–Crippen MR) is 78.7 cm³/mol. The number of nitrogens with zero attached hydrogens (tertiary/aromatic N) is 1. The second-order valence-electron chi connectivity index (χ2n) is 5.48. The molecule has 1 aliphatic carbocycles. The Hall–Kier alpha value is -1.20. The summed E-state index contributed by atoms with van der Waals surface area (Å²) >= 11 is 1.60. The first kappa shape index (κ1) is 12.8. The molecule has 3 rings (SSSR count). The van der Waals surface area contributed by atoms with Crippen molar-refractivity contribution < 1.29 is 0 Å². The molecule has 0 saturated heterocycles. The van der Waals surface area contributed by atoms with Crippen molar-refractivity contribution in [2.45, 2.75) is 46.2 Å². The van der Waals surface area contributed by atoms with E-state index in [9.17, 15) is 4.79 Å². The summed E-state index contributed by atoms with van der Waals surface area (Å²) in [7, 11) is 0. The molecule has 0 aliphatic heterocycles. The van der Waals surface area contributed by atoms with Gasteiger partial charge < -0.3 is 10.3 Å². The summed E-state index contributed by atoms with van der Waals surface area (Å²) in [5.41, 5.74) is 1.04. The quantitative estimate of drug-likeness (QED) is 0.902. The van der Waals surface area contributed by atoms with Crippen molar-refractivity contribution in [2.24, 2.45) is 5.92 Å². The Bertz CT molecular complexity index is 669. The van der Waals surface area contributed by atoms with Crippen LogP contribution in [0.15, 0.2) is 4.79 Å². The Labute approximate surface area is 116 Å². The minimum Gasteiger partial charge on any atom is -0.309 e. The zero-order valence-corrected chi connectivity index (χ0v) is 12.4. The molecule has 2 N–H and O–H groups in total. The predicted octanol–water partition coefficient (Wildman–Crippen LogP) is 2.49. The van der Waals surface area contributed by atoms with Gasteiger partial charge in [0.25, 0.3) is 5.56 Å². The van der Waals surface area contributed by atoms with Crippen molar-refractivity contribution in [1.82, 2.24) is 15.3 Å². The van der Waals surface area contributed by atoms with Gasteiger partial charge in [-0.3, -0.25) is 4.79 Å². The molecule has 4 nitrogen and oxygen atoms in total. The third-order valence-corrected chi connectivity index (χ3v) is 5.11. The van der Waals surface area contributed by atoms with E-state index < -0.39 is 0 Å². The first-order valence-corrected chi connectivity index (χ1v) is 7.60. The van der Waals surface area contributed by atoms with Crippen LogP contribution in [-0.4, -0.2) is 16.0 Å². The van der Waals surface area contributed by atoms with Crippen molar-refractivity contribution in [3.63, 3.8) is 0 Å². The lowest BCUT2D eigenvalue weighted by Gasteiger charge is -2.11. The molecule has 2 heterocycles. The van der Waals surface area contributed by atoms with Crippen molar-refractivity contribution >= 4 is 21.6 Å². The average Bonchev–Trinajstić information content (AvgIpc) is 3.15. The number of rotatable bonds is 4. The van der Waals surface area contributed by atoms with Gasteiger partial charge in [0, 0.05) is 10.9 Å². The standard InChI is InChI=1S/C14H19N3OS/c1-7-9(3)19-14-12(7)13(18)16-11(17-14)6-15-8(2)10-4-5-10/h8,10,15H,4-6H2,1-3H3,(H,16,17,18). The molecule has 0 aromatic carbocycles. The minimum absolute atomic E-state index is 0.0114. The molecule has 1 saturated carbocycles. The molecular weight excluding hydrogens is 258 g/mol. The third-order valence-electron chi connectivity index (χ3n) is 4.01. The van der Waals surface area contributed by atoms with Crippen LogP contribution in [0.3, 0.4) is 0 Å². The number of thiophene rings is 1. The number of hydrogen-bond donors (Lipinski definition) is 2. The number of aromatic amines is 1. The smallest absolute Gasteiger partial charge is 0.259 e. The van der Waals surface area contributed by atoms with Gasteiger partial charge in [-0.2, -0.15) is 0 Å². The van der Waals surface area contributed by atoms with Crippen LogP contribution in [-0.2, 0) is 6.54 Å². The molecule has 0 radical (unpaired) electrons. The molecule has 2 aromatic heterocycles.